The van der Waals surface area contributed by atoms with Crippen LogP contribution in [-0.4, -0.2) is 54.0 Å². The molecule has 1 atom stereocenters. The molecule has 7 heteroatoms. The van der Waals surface area contributed by atoms with Gasteiger partial charge in [0.2, 0.25) is 11.8 Å². The third kappa shape index (κ3) is 5.89. The standard InChI is InChI=1S/C19H31N5O2/c1-4-12-26-18-15(8-7-10-21-18)13-22-19(20-6-3)23-16-9-11-24(14-16)17(25)5-2/h7-8,10,16H,4-6,9,11-14H2,1-3H3,(H2,20,22,23). The molecule has 7 nitrogen and oxygen atoms in total. The molecule has 2 heterocycles. The first kappa shape index (κ1) is 20.0. The Labute approximate surface area is 156 Å². The number of nitrogens with zero attached hydrogens (tertiary/aromatic N) is 3. The van der Waals surface area contributed by atoms with Gasteiger partial charge in [-0.3, -0.25) is 4.79 Å². The van der Waals surface area contributed by atoms with Gasteiger partial charge in [-0.25, -0.2) is 9.98 Å². The molecule has 1 fully saturated rings. The van der Waals surface area contributed by atoms with E-state index in [4.69, 9.17) is 4.74 Å². The van der Waals surface area contributed by atoms with Crippen LogP contribution in [0.3, 0.4) is 0 Å². The zero-order chi connectivity index (χ0) is 18.8. The van der Waals surface area contributed by atoms with Crippen LogP contribution < -0.4 is 15.4 Å². The molecule has 2 N–H and O–H groups in total. The lowest BCUT2D eigenvalue weighted by molar-refractivity contribution is -0.129. The summed E-state index contributed by atoms with van der Waals surface area (Å²) >= 11 is 0. The molecule has 0 bridgehead atoms. The van der Waals surface area contributed by atoms with E-state index in [-0.39, 0.29) is 11.9 Å². The van der Waals surface area contributed by atoms with Gasteiger partial charge >= 0.3 is 0 Å². The van der Waals surface area contributed by atoms with Crippen LogP contribution >= 0.6 is 0 Å². The van der Waals surface area contributed by atoms with E-state index in [9.17, 15) is 4.79 Å². The fraction of sp³-hybridized carbons (Fsp3) is 0.632. The Morgan fingerprint density at radius 1 is 1.42 bits per heavy atom. The smallest absolute Gasteiger partial charge is 0.222 e. The second kappa shape index (κ2) is 10.6. The van der Waals surface area contributed by atoms with Crippen molar-refractivity contribution in [1.82, 2.24) is 20.5 Å². The minimum atomic E-state index is 0.212. The fourth-order valence-corrected chi connectivity index (χ4v) is 2.88. The third-order valence-corrected chi connectivity index (χ3v) is 4.23. The number of carbonyl (C=O) groups excluding carboxylic acids is 1. The Kier molecular flexibility index (Phi) is 8.18. The van der Waals surface area contributed by atoms with Crippen LogP contribution in [0.4, 0.5) is 0 Å². The van der Waals surface area contributed by atoms with Crippen molar-refractivity contribution in [1.29, 1.82) is 0 Å². The Hall–Kier alpha value is -2.31. The molecule has 1 aromatic heterocycles. The van der Waals surface area contributed by atoms with Gasteiger partial charge in [-0.15, -0.1) is 0 Å². The van der Waals surface area contributed by atoms with Gasteiger partial charge in [-0.1, -0.05) is 19.9 Å². The summed E-state index contributed by atoms with van der Waals surface area (Å²) in [7, 11) is 0. The summed E-state index contributed by atoms with van der Waals surface area (Å²) in [5.74, 6) is 1.62. The Balaban J connectivity index is 1.98. The average Bonchev–Trinajstić information content (AvgIpc) is 3.13. The third-order valence-electron chi connectivity index (χ3n) is 4.23. The van der Waals surface area contributed by atoms with E-state index < -0.39 is 0 Å². The largest absolute Gasteiger partial charge is 0.477 e. The number of rotatable bonds is 8. The molecule has 0 radical (unpaired) electrons. The molecular weight excluding hydrogens is 330 g/mol. The molecule has 1 aliphatic rings. The Morgan fingerprint density at radius 3 is 3.00 bits per heavy atom. The number of likely N-dealkylation sites (tertiary alicyclic amines) is 1. The van der Waals surface area contributed by atoms with Gasteiger partial charge in [0.1, 0.15) is 0 Å². The SMILES string of the molecule is CCCOc1ncccc1CN=C(NCC)NC1CCN(C(=O)CC)C1. The molecule has 1 amide bonds. The molecule has 0 aliphatic carbocycles. The van der Waals surface area contributed by atoms with Crippen LogP contribution in [-0.2, 0) is 11.3 Å². The number of hydrogen-bond donors (Lipinski definition) is 2. The van der Waals surface area contributed by atoms with E-state index >= 15 is 0 Å². The quantitative estimate of drug-likeness (QED) is 0.546. The van der Waals surface area contributed by atoms with Gasteiger partial charge in [0, 0.05) is 43.9 Å². The summed E-state index contributed by atoms with van der Waals surface area (Å²) in [5, 5.41) is 6.72. The van der Waals surface area contributed by atoms with Crippen molar-refractivity contribution in [2.75, 3.05) is 26.2 Å². The highest BCUT2D eigenvalue weighted by Gasteiger charge is 2.25. The van der Waals surface area contributed by atoms with Crippen molar-refractivity contribution in [3.05, 3.63) is 23.9 Å². The molecule has 1 aliphatic heterocycles. The molecule has 0 saturated carbocycles. The summed E-state index contributed by atoms with van der Waals surface area (Å²) in [5.41, 5.74) is 0.965. The topological polar surface area (TPSA) is 78.9 Å². The predicted octanol–water partition coefficient (Wildman–Crippen LogP) is 1.94. The van der Waals surface area contributed by atoms with Gasteiger partial charge in [0.25, 0.3) is 0 Å². The number of carbonyl (C=O) groups is 1. The summed E-state index contributed by atoms with van der Waals surface area (Å²) < 4.78 is 5.70. The molecule has 144 valence electrons. The molecular formula is C19H31N5O2. The van der Waals surface area contributed by atoms with Crippen molar-refractivity contribution >= 4 is 11.9 Å². The van der Waals surface area contributed by atoms with Gasteiger partial charge in [0.15, 0.2) is 5.96 Å². The van der Waals surface area contributed by atoms with Crippen LogP contribution in [0.1, 0.15) is 45.6 Å². The molecule has 26 heavy (non-hydrogen) atoms. The maximum atomic E-state index is 11.8. The van der Waals surface area contributed by atoms with Crippen molar-refractivity contribution in [3.63, 3.8) is 0 Å². The van der Waals surface area contributed by atoms with E-state index in [1.807, 2.05) is 30.9 Å². The highest BCUT2D eigenvalue weighted by molar-refractivity contribution is 5.80. The number of pyridine rings is 1. The average molecular weight is 361 g/mol. The second-order valence-corrected chi connectivity index (χ2v) is 6.33. The summed E-state index contributed by atoms with van der Waals surface area (Å²) in [4.78, 5) is 22.7. The molecule has 0 aromatic carbocycles. The number of guanidine groups is 1. The Morgan fingerprint density at radius 2 is 2.27 bits per heavy atom. The summed E-state index contributed by atoms with van der Waals surface area (Å²) in [6, 6.07) is 4.12. The molecule has 1 saturated heterocycles. The molecule has 1 unspecified atom stereocenters. The highest BCUT2D eigenvalue weighted by atomic mass is 16.5. The second-order valence-electron chi connectivity index (χ2n) is 6.33. The van der Waals surface area contributed by atoms with Crippen LogP contribution in [0.25, 0.3) is 0 Å². The predicted molar refractivity (Wildman–Crippen MR) is 103 cm³/mol. The minimum absolute atomic E-state index is 0.212. The zero-order valence-corrected chi connectivity index (χ0v) is 16.1. The molecule has 2 rings (SSSR count). The van der Waals surface area contributed by atoms with Gasteiger partial charge in [-0.05, 0) is 25.8 Å². The van der Waals surface area contributed by atoms with Crippen molar-refractivity contribution < 1.29 is 9.53 Å². The van der Waals surface area contributed by atoms with E-state index in [2.05, 4.69) is 27.5 Å². The van der Waals surface area contributed by atoms with Crippen molar-refractivity contribution in [2.24, 2.45) is 4.99 Å². The lowest BCUT2D eigenvalue weighted by Gasteiger charge is -2.18. The van der Waals surface area contributed by atoms with Crippen LogP contribution in [0.15, 0.2) is 23.3 Å². The van der Waals surface area contributed by atoms with Gasteiger partial charge < -0.3 is 20.3 Å². The fourth-order valence-electron chi connectivity index (χ4n) is 2.88. The van der Waals surface area contributed by atoms with Crippen LogP contribution in [0.2, 0.25) is 0 Å². The van der Waals surface area contributed by atoms with E-state index in [0.717, 1.165) is 44.0 Å². The van der Waals surface area contributed by atoms with E-state index in [0.29, 0.717) is 25.5 Å². The maximum absolute atomic E-state index is 11.8. The number of ether oxygens (including phenoxy) is 1. The first-order chi connectivity index (χ1) is 12.7. The maximum Gasteiger partial charge on any atom is 0.222 e. The number of aliphatic imine (C=N–C) groups is 1. The highest BCUT2D eigenvalue weighted by Crippen LogP contribution is 2.16. The first-order valence-corrected chi connectivity index (χ1v) is 9.57. The van der Waals surface area contributed by atoms with Crippen molar-refractivity contribution in [3.8, 4) is 5.88 Å². The van der Waals surface area contributed by atoms with Gasteiger partial charge in [-0.2, -0.15) is 0 Å². The molecule has 1 aromatic rings. The number of hydrogen-bond acceptors (Lipinski definition) is 4. The van der Waals surface area contributed by atoms with Gasteiger partial charge in [0.05, 0.1) is 13.2 Å². The zero-order valence-electron chi connectivity index (χ0n) is 16.1. The lowest BCUT2D eigenvalue weighted by Crippen LogP contribution is -2.45. The van der Waals surface area contributed by atoms with Crippen molar-refractivity contribution in [2.45, 2.75) is 52.6 Å². The minimum Gasteiger partial charge on any atom is -0.477 e. The first-order valence-electron chi connectivity index (χ1n) is 9.57. The van der Waals surface area contributed by atoms with Crippen LogP contribution in [0, 0.1) is 0 Å². The summed E-state index contributed by atoms with van der Waals surface area (Å²) in [6.07, 6.45) is 4.17. The Bertz CT molecular complexity index is 605. The monoisotopic (exact) mass is 361 g/mol. The van der Waals surface area contributed by atoms with E-state index in [1.54, 1.807) is 6.20 Å². The number of nitrogens with one attached hydrogen (secondary N) is 2. The number of amides is 1. The lowest BCUT2D eigenvalue weighted by atomic mass is 10.2. The number of aromatic nitrogens is 1. The summed E-state index contributed by atoms with van der Waals surface area (Å²) in [6.45, 7) is 9.47. The van der Waals surface area contributed by atoms with E-state index in [1.165, 1.54) is 0 Å². The van der Waals surface area contributed by atoms with Crippen LogP contribution in [0.5, 0.6) is 5.88 Å². The normalized spacial score (nSPS) is 17.3. The molecule has 0 spiro atoms.